The average molecular weight is 357 g/mol. The van der Waals surface area contributed by atoms with Crippen molar-refractivity contribution < 1.29 is 0 Å². The average Bonchev–Trinajstić information content (AvgIpc) is 2.93. The summed E-state index contributed by atoms with van der Waals surface area (Å²) in [4.78, 5) is 10.6. The molecular weight excluding hydrogens is 344 g/mol. The molecule has 114 valence electrons. The molecule has 0 atom stereocenters. The highest BCUT2D eigenvalue weighted by Gasteiger charge is 2.12. The van der Waals surface area contributed by atoms with E-state index in [2.05, 4.69) is 23.2 Å². The van der Waals surface area contributed by atoms with Crippen LogP contribution in [0.2, 0.25) is 5.02 Å². The number of fused-ring (bicyclic) bond motifs is 2. The Hall–Kier alpha value is -1.62. The first-order chi connectivity index (χ1) is 11.1. The maximum absolute atomic E-state index is 6.25. The lowest BCUT2D eigenvalue weighted by Gasteiger charge is -2.09. The van der Waals surface area contributed by atoms with E-state index in [-0.39, 0.29) is 0 Å². The van der Waals surface area contributed by atoms with Crippen LogP contribution in [0, 0.1) is 13.8 Å². The van der Waals surface area contributed by atoms with E-state index in [0.717, 1.165) is 37.0 Å². The van der Waals surface area contributed by atoms with Crippen LogP contribution in [-0.2, 0) is 0 Å². The summed E-state index contributed by atoms with van der Waals surface area (Å²) in [5.41, 5.74) is 4.04. The first-order valence-corrected chi connectivity index (χ1v) is 9.23. The molecule has 2 aromatic carbocycles. The first-order valence-electron chi connectivity index (χ1n) is 7.22. The molecule has 0 N–H and O–H groups in total. The molecule has 0 fully saturated rings. The summed E-state index contributed by atoms with van der Waals surface area (Å²) in [6.45, 7) is 4.03. The van der Waals surface area contributed by atoms with Crippen molar-refractivity contribution in [2.24, 2.45) is 0 Å². The Balaban J connectivity index is 1.86. The van der Waals surface area contributed by atoms with Crippen molar-refractivity contribution in [2.45, 2.75) is 23.1 Å². The monoisotopic (exact) mass is 356 g/mol. The van der Waals surface area contributed by atoms with Crippen molar-refractivity contribution in [1.82, 2.24) is 9.97 Å². The summed E-state index contributed by atoms with van der Waals surface area (Å²) in [6, 6.07) is 14.3. The van der Waals surface area contributed by atoms with Crippen LogP contribution in [0.4, 0.5) is 0 Å². The third kappa shape index (κ3) is 2.71. The van der Waals surface area contributed by atoms with Gasteiger partial charge in [-0.05, 0) is 43.7 Å². The largest absolute Gasteiger partial charge is 0.253 e. The molecule has 0 saturated carbocycles. The summed E-state index contributed by atoms with van der Waals surface area (Å²) in [6.07, 6.45) is 0. The minimum absolute atomic E-state index is 0.756. The number of hydrogen-bond acceptors (Lipinski definition) is 4. The maximum atomic E-state index is 6.25. The van der Waals surface area contributed by atoms with Gasteiger partial charge in [-0.2, -0.15) is 0 Å². The molecule has 2 aromatic heterocycles. The molecule has 0 aliphatic carbocycles. The van der Waals surface area contributed by atoms with Crippen LogP contribution >= 0.6 is 34.7 Å². The van der Waals surface area contributed by atoms with Crippen LogP contribution in [0.5, 0.6) is 0 Å². The third-order valence-electron chi connectivity index (χ3n) is 3.73. The van der Waals surface area contributed by atoms with E-state index in [0.29, 0.717) is 0 Å². The van der Waals surface area contributed by atoms with Gasteiger partial charge < -0.3 is 0 Å². The van der Waals surface area contributed by atoms with Gasteiger partial charge in [-0.1, -0.05) is 41.6 Å². The zero-order chi connectivity index (χ0) is 16.0. The van der Waals surface area contributed by atoms with Crippen LogP contribution in [0.25, 0.3) is 21.1 Å². The molecule has 4 aromatic rings. The molecule has 0 spiro atoms. The second-order valence-corrected chi connectivity index (χ2v) is 8.11. The molecule has 0 aliphatic heterocycles. The molecule has 0 aliphatic rings. The Kier molecular flexibility index (Phi) is 3.76. The molecule has 0 saturated heterocycles. The normalized spacial score (nSPS) is 11.4. The van der Waals surface area contributed by atoms with Crippen LogP contribution in [-0.4, -0.2) is 9.97 Å². The van der Waals surface area contributed by atoms with Gasteiger partial charge in [-0.3, -0.25) is 4.98 Å². The lowest BCUT2D eigenvalue weighted by molar-refractivity contribution is 1.20. The number of halogens is 1. The number of benzene rings is 2. The second kappa shape index (κ2) is 5.78. The summed E-state index contributed by atoms with van der Waals surface area (Å²) >= 11 is 9.66. The van der Waals surface area contributed by atoms with E-state index < -0.39 is 0 Å². The zero-order valence-corrected chi connectivity index (χ0v) is 15.0. The van der Waals surface area contributed by atoms with Crippen molar-refractivity contribution in [2.75, 3.05) is 0 Å². The van der Waals surface area contributed by atoms with E-state index in [4.69, 9.17) is 16.6 Å². The van der Waals surface area contributed by atoms with Gasteiger partial charge in [0.1, 0.15) is 0 Å². The maximum Gasteiger partial charge on any atom is 0.155 e. The number of hydrogen-bond donors (Lipinski definition) is 0. The van der Waals surface area contributed by atoms with Gasteiger partial charge in [-0.15, -0.1) is 11.3 Å². The molecular formula is C18H13ClN2S2. The van der Waals surface area contributed by atoms with E-state index in [9.17, 15) is 0 Å². The van der Waals surface area contributed by atoms with Gasteiger partial charge in [0.2, 0.25) is 0 Å². The molecule has 5 heteroatoms. The molecule has 0 unspecified atom stereocenters. The van der Waals surface area contributed by atoms with Crippen LogP contribution in [0.15, 0.2) is 51.7 Å². The number of para-hydroxylation sites is 1. The van der Waals surface area contributed by atoms with E-state index >= 15 is 0 Å². The van der Waals surface area contributed by atoms with Gasteiger partial charge in [-0.25, -0.2) is 4.98 Å². The summed E-state index contributed by atoms with van der Waals surface area (Å²) in [5.74, 6) is 0. The summed E-state index contributed by atoms with van der Waals surface area (Å²) in [7, 11) is 0. The smallest absolute Gasteiger partial charge is 0.155 e. The molecule has 2 heterocycles. The first kappa shape index (κ1) is 14.9. The minimum atomic E-state index is 0.756. The van der Waals surface area contributed by atoms with Gasteiger partial charge in [0.25, 0.3) is 0 Å². The molecule has 4 rings (SSSR count). The highest BCUT2D eigenvalue weighted by atomic mass is 35.5. The number of aryl methyl sites for hydroxylation is 2. The Labute approximate surface area is 147 Å². The van der Waals surface area contributed by atoms with Gasteiger partial charge in [0.15, 0.2) is 4.34 Å². The van der Waals surface area contributed by atoms with Crippen LogP contribution in [0.3, 0.4) is 0 Å². The summed E-state index contributed by atoms with van der Waals surface area (Å²) < 4.78 is 2.26. The Morgan fingerprint density at radius 1 is 1.04 bits per heavy atom. The van der Waals surface area contributed by atoms with E-state index in [1.54, 1.807) is 23.1 Å². The molecule has 0 bridgehead atoms. The standard InChI is InChI=1S/C18H13ClN2S2/c1-10-9-16(12-7-8-13(19)11(2)17(12)20-10)23-18-21-14-5-3-4-6-15(14)22-18/h3-9H,1-2H3. The highest BCUT2D eigenvalue weighted by molar-refractivity contribution is 8.01. The molecule has 0 amide bonds. The van der Waals surface area contributed by atoms with Crippen molar-refractivity contribution in [1.29, 1.82) is 0 Å². The van der Waals surface area contributed by atoms with Gasteiger partial charge in [0.05, 0.1) is 15.7 Å². The second-order valence-electron chi connectivity index (χ2n) is 5.38. The Morgan fingerprint density at radius 2 is 1.87 bits per heavy atom. The fourth-order valence-electron chi connectivity index (χ4n) is 2.57. The Bertz CT molecular complexity index is 1010. The lowest BCUT2D eigenvalue weighted by atomic mass is 10.1. The molecule has 0 radical (unpaired) electrons. The van der Waals surface area contributed by atoms with Crippen molar-refractivity contribution in [3.63, 3.8) is 0 Å². The number of pyridine rings is 1. The quantitative estimate of drug-likeness (QED) is 0.423. The lowest BCUT2D eigenvalue weighted by Crippen LogP contribution is -1.90. The predicted molar refractivity (Wildman–Crippen MR) is 100.0 cm³/mol. The van der Waals surface area contributed by atoms with Gasteiger partial charge in [0, 0.05) is 21.0 Å². The van der Waals surface area contributed by atoms with Gasteiger partial charge >= 0.3 is 0 Å². The fourth-order valence-corrected chi connectivity index (χ4v) is 4.96. The topological polar surface area (TPSA) is 25.8 Å². The predicted octanol–water partition coefficient (Wildman–Crippen LogP) is 6.27. The third-order valence-corrected chi connectivity index (χ3v) is 6.29. The van der Waals surface area contributed by atoms with Crippen LogP contribution in [0.1, 0.15) is 11.3 Å². The summed E-state index contributed by atoms with van der Waals surface area (Å²) in [5, 5.41) is 1.88. The van der Waals surface area contributed by atoms with Crippen molar-refractivity contribution >= 4 is 55.8 Å². The number of aromatic nitrogens is 2. The van der Waals surface area contributed by atoms with E-state index in [1.807, 2.05) is 38.1 Å². The van der Waals surface area contributed by atoms with E-state index in [1.165, 1.54) is 9.60 Å². The highest BCUT2D eigenvalue weighted by Crippen LogP contribution is 2.39. The number of thiazole rings is 1. The molecule has 23 heavy (non-hydrogen) atoms. The number of rotatable bonds is 2. The minimum Gasteiger partial charge on any atom is -0.253 e. The van der Waals surface area contributed by atoms with Crippen molar-refractivity contribution in [3.05, 3.63) is 58.7 Å². The zero-order valence-electron chi connectivity index (χ0n) is 12.6. The number of nitrogens with zero attached hydrogens (tertiary/aromatic N) is 2. The van der Waals surface area contributed by atoms with Crippen LogP contribution < -0.4 is 0 Å². The fraction of sp³-hybridized carbons (Fsp3) is 0.111. The SMILES string of the molecule is Cc1cc(Sc2nc3ccccc3s2)c2ccc(Cl)c(C)c2n1. The van der Waals surface area contributed by atoms with Crippen molar-refractivity contribution in [3.8, 4) is 0 Å². The molecule has 2 nitrogen and oxygen atoms in total. The Morgan fingerprint density at radius 3 is 2.70 bits per heavy atom.